The van der Waals surface area contributed by atoms with Crippen LogP contribution in [0.1, 0.15) is 32.6 Å². The predicted octanol–water partition coefficient (Wildman–Crippen LogP) is 2.03. The van der Waals surface area contributed by atoms with E-state index in [0.29, 0.717) is 11.9 Å². The molecule has 1 N–H and O–H groups in total. The van der Waals surface area contributed by atoms with Crippen LogP contribution in [0.3, 0.4) is 0 Å². The molecule has 0 spiro atoms. The summed E-state index contributed by atoms with van der Waals surface area (Å²) in [5.74, 6) is -0.132. The molecule has 2 atom stereocenters. The Bertz CT molecular complexity index is 443. The maximum atomic E-state index is 12.2. The molecular formula is C14H21N3O2S. The first-order valence-electron chi connectivity index (χ1n) is 6.99. The van der Waals surface area contributed by atoms with Crippen molar-refractivity contribution >= 4 is 17.7 Å². The summed E-state index contributed by atoms with van der Waals surface area (Å²) < 4.78 is 5.24. The van der Waals surface area contributed by atoms with Gasteiger partial charge in [-0.25, -0.2) is 4.98 Å². The molecule has 0 bridgehead atoms. The van der Waals surface area contributed by atoms with Crippen molar-refractivity contribution in [2.45, 2.75) is 48.4 Å². The molecule has 110 valence electrons. The van der Waals surface area contributed by atoms with E-state index in [9.17, 15) is 4.79 Å². The summed E-state index contributed by atoms with van der Waals surface area (Å²) in [4.78, 5) is 20.6. The Morgan fingerprint density at radius 1 is 1.60 bits per heavy atom. The topological polar surface area (TPSA) is 64.1 Å². The Kier molecular flexibility index (Phi) is 5.37. The largest absolute Gasteiger partial charge is 0.465 e. The Hall–Kier alpha value is -1.14. The molecule has 2 unspecified atom stereocenters. The SMILES string of the molecule is CCOC(=O)C1(NC)CCCC(Sc2cnccn2)C1. The summed E-state index contributed by atoms with van der Waals surface area (Å²) in [7, 11) is 1.84. The highest BCUT2D eigenvalue weighted by molar-refractivity contribution is 7.99. The number of thioether (sulfide) groups is 1. The van der Waals surface area contributed by atoms with E-state index in [1.807, 2.05) is 14.0 Å². The number of likely N-dealkylation sites (N-methyl/N-ethyl adjacent to an activating group) is 1. The molecule has 2 rings (SSSR count). The van der Waals surface area contributed by atoms with Gasteiger partial charge in [0.1, 0.15) is 10.6 Å². The number of carbonyl (C=O) groups excluding carboxylic acids is 1. The third kappa shape index (κ3) is 3.49. The van der Waals surface area contributed by atoms with Crippen LogP contribution in [0.25, 0.3) is 0 Å². The fourth-order valence-electron chi connectivity index (χ4n) is 2.63. The molecule has 1 saturated carbocycles. The summed E-state index contributed by atoms with van der Waals surface area (Å²) in [5.41, 5.74) is -0.547. The molecule has 0 aromatic carbocycles. The van der Waals surface area contributed by atoms with Gasteiger partial charge in [0.2, 0.25) is 0 Å². The smallest absolute Gasteiger partial charge is 0.326 e. The number of carbonyl (C=O) groups is 1. The van der Waals surface area contributed by atoms with Crippen LogP contribution in [0, 0.1) is 0 Å². The first-order chi connectivity index (χ1) is 9.70. The van der Waals surface area contributed by atoms with E-state index in [4.69, 9.17) is 4.74 Å². The number of nitrogens with one attached hydrogen (secondary N) is 1. The molecule has 0 amide bonds. The number of hydrogen-bond donors (Lipinski definition) is 1. The third-order valence-electron chi connectivity index (χ3n) is 3.68. The van der Waals surface area contributed by atoms with E-state index in [2.05, 4.69) is 15.3 Å². The molecule has 1 fully saturated rings. The van der Waals surface area contributed by atoms with E-state index < -0.39 is 5.54 Å². The maximum absolute atomic E-state index is 12.2. The van der Waals surface area contributed by atoms with E-state index in [-0.39, 0.29) is 5.97 Å². The average Bonchev–Trinajstić information content (AvgIpc) is 2.48. The molecule has 0 aliphatic heterocycles. The quantitative estimate of drug-likeness (QED) is 0.839. The van der Waals surface area contributed by atoms with Gasteiger partial charge in [-0.2, -0.15) is 0 Å². The lowest BCUT2D eigenvalue weighted by atomic mass is 9.81. The van der Waals surface area contributed by atoms with Gasteiger partial charge in [-0.1, -0.05) is 0 Å². The Morgan fingerprint density at radius 3 is 3.10 bits per heavy atom. The molecular weight excluding hydrogens is 274 g/mol. The number of hydrogen-bond acceptors (Lipinski definition) is 6. The van der Waals surface area contributed by atoms with Crippen molar-refractivity contribution in [3.05, 3.63) is 18.6 Å². The van der Waals surface area contributed by atoms with E-state index >= 15 is 0 Å². The molecule has 20 heavy (non-hydrogen) atoms. The number of nitrogens with zero attached hydrogens (tertiary/aromatic N) is 2. The minimum Gasteiger partial charge on any atom is -0.465 e. The van der Waals surface area contributed by atoms with Crippen molar-refractivity contribution in [3.63, 3.8) is 0 Å². The number of aromatic nitrogens is 2. The highest BCUT2D eigenvalue weighted by Gasteiger charge is 2.43. The Morgan fingerprint density at radius 2 is 2.45 bits per heavy atom. The zero-order chi connectivity index (χ0) is 14.4. The summed E-state index contributed by atoms with van der Waals surface area (Å²) >= 11 is 1.70. The zero-order valence-corrected chi connectivity index (χ0v) is 12.8. The van der Waals surface area contributed by atoms with Crippen molar-refractivity contribution in [3.8, 4) is 0 Å². The van der Waals surface area contributed by atoms with Gasteiger partial charge in [0.25, 0.3) is 0 Å². The lowest BCUT2D eigenvalue weighted by molar-refractivity contribution is -0.152. The molecule has 1 aliphatic carbocycles. The van der Waals surface area contributed by atoms with Gasteiger partial charge < -0.3 is 10.1 Å². The maximum Gasteiger partial charge on any atom is 0.326 e. The van der Waals surface area contributed by atoms with Gasteiger partial charge in [0, 0.05) is 17.6 Å². The highest BCUT2D eigenvalue weighted by atomic mass is 32.2. The molecule has 0 saturated heterocycles. The molecule has 6 heteroatoms. The molecule has 1 aromatic rings. The number of rotatable bonds is 5. The van der Waals surface area contributed by atoms with Crippen LogP contribution >= 0.6 is 11.8 Å². The second-order valence-corrected chi connectivity index (χ2v) is 6.25. The van der Waals surface area contributed by atoms with E-state index in [1.165, 1.54) is 0 Å². The van der Waals surface area contributed by atoms with Crippen LogP contribution in [0.2, 0.25) is 0 Å². The van der Waals surface area contributed by atoms with Crippen LogP contribution in [-0.2, 0) is 9.53 Å². The molecule has 0 radical (unpaired) electrons. The minimum absolute atomic E-state index is 0.132. The van der Waals surface area contributed by atoms with Crippen LogP contribution in [0.5, 0.6) is 0 Å². The second kappa shape index (κ2) is 7.04. The predicted molar refractivity (Wildman–Crippen MR) is 78.6 cm³/mol. The first kappa shape index (κ1) is 15.3. The van der Waals surface area contributed by atoms with Crippen LogP contribution in [0.15, 0.2) is 23.6 Å². The Balaban J connectivity index is 2.04. The minimum atomic E-state index is -0.547. The fraction of sp³-hybridized carbons (Fsp3) is 0.643. The van der Waals surface area contributed by atoms with Crippen molar-refractivity contribution < 1.29 is 9.53 Å². The molecule has 1 aliphatic rings. The lowest BCUT2D eigenvalue weighted by Crippen LogP contribution is -2.54. The monoisotopic (exact) mass is 295 g/mol. The Labute approximate surface area is 123 Å². The molecule has 1 heterocycles. The molecule has 1 aromatic heterocycles. The average molecular weight is 295 g/mol. The summed E-state index contributed by atoms with van der Waals surface area (Å²) in [6, 6.07) is 0. The normalized spacial score (nSPS) is 26.2. The number of ether oxygens (including phenoxy) is 1. The van der Waals surface area contributed by atoms with Crippen LogP contribution < -0.4 is 5.32 Å². The van der Waals surface area contributed by atoms with E-state index in [0.717, 1.165) is 30.7 Å². The van der Waals surface area contributed by atoms with E-state index in [1.54, 1.807) is 30.4 Å². The highest BCUT2D eigenvalue weighted by Crippen LogP contribution is 2.38. The third-order valence-corrected chi connectivity index (χ3v) is 4.87. The standard InChI is InChI=1S/C14H21N3O2S/c1-3-19-13(18)14(15-2)6-4-5-11(9-14)20-12-10-16-7-8-17-12/h7-8,10-11,15H,3-6,9H2,1-2H3. The lowest BCUT2D eigenvalue weighted by Gasteiger charge is -2.38. The summed E-state index contributed by atoms with van der Waals surface area (Å²) in [6.07, 6.45) is 8.83. The first-order valence-corrected chi connectivity index (χ1v) is 7.87. The van der Waals surface area contributed by atoms with Crippen molar-refractivity contribution in [1.82, 2.24) is 15.3 Å². The van der Waals surface area contributed by atoms with Gasteiger partial charge in [0.05, 0.1) is 12.8 Å². The van der Waals surface area contributed by atoms with Gasteiger partial charge in [-0.15, -0.1) is 11.8 Å². The van der Waals surface area contributed by atoms with Crippen molar-refractivity contribution in [2.75, 3.05) is 13.7 Å². The van der Waals surface area contributed by atoms with Gasteiger partial charge in [-0.3, -0.25) is 9.78 Å². The van der Waals surface area contributed by atoms with Crippen LogP contribution in [-0.4, -0.2) is 40.4 Å². The van der Waals surface area contributed by atoms with Crippen molar-refractivity contribution in [2.24, 2.45) is 0 Å². The van der Waals surface area contributed by atoms with Gasteiger partial charge in [0.15, 0.2) is 0 Å². The zero-order valence-electron chi connectivity index (χ0n) is 12.0. The van der Waals surface area contributed by atoms with Gasteiger partial charge in [-0.05, 0) is 39.7 Å². The number of esters is 1. The van der Waals surface area contributed by atoms with Crippen molar-refractivity contribution in [1.29, 1.82) is 0 Å². The second-order valence-electron chi connectivity index (χ2n) is 4.93. The van der Waals surface area contributed by atoms with Gasteiger partial charge >= 0.3 is 5.97 Å². The van der Waals surface area contributed by atoms with Crippen LogP contribution in [0.4, 0.5) is 0 Å². The molecule has 5 nitrogen and oxygen atoms in total. The summed E-state index contributed by atoms with van der Waals surface area (Å²) in [6.45, 7) is 2.26. The fourth-order valence-corrected chi connectivity index (χ4v) is 3.86. The summed E-state index contributed by atoms with van der Waals surface area (Å²) in [5, 5.41) is 4.46.